The van der Waals surface area contributed by atoms with Gasteiger partial charge in [0.2, 0.25) is 5.95 Å². The zero-order valence-electron chi connectivity index (χ0n) is 18.4. The minimum atomic E-state index is -0.0893. The maximum Gasteiger partial charge on any atom is 0.227 e. The summed E-state index contributed by atoms with van der Waals surface area (Å²) in [6.07, 6.45) is 1.28. The molecule has 0 amide bonds. The Morgan fingerprint density at radius 3 is 2.40 bits per heavy atom. The summed E-state index contributed by atoms with van der Waals surface area (Å²) in [7, 11) is 1.65. The number of rotatable bonds is 5. The molecule has 2 aromatic rings. The third-order valence-corrected chi connectivity index (χ3v) is 5.99. The van der Waals surface area contributed by atoms with Crippen LogP contribution < -0.4 is 15.0 Å². The molecule has 1 saturated heterocycles. The Kier molecular flexibility index (Phi) is 5.64. The molecule has 1 aromatic carbocycles. The van der Waals surface area contributed by atoms with Crippen LogP contribution in [0.3, 0.4) is 0 Å². The summed E-state index contributed by atoms with van der Waals surface area (Å²) in [5.74, 6) is 2.22. The van der Waals surface area contributed by atoms with Crippen LogP contribution in [0.1, 0.15) is 43.2 Å². The summed E-state index contributed by atoms with van der Waals surface area (Å²) >= 11 is 0. The molecular weight excluding hydrogens is 378 g/mol. The van der Waals surface area contributed by atoms with Crippen molar-refractivity contribution >= 4 is 23.2 Å². The number of carbonyl (C=O) groups is 1. The highest BCUT2D eigenvalue weighted by Gasteiger charge is 2.35. The molecule has 2 aliphatic rings. The zero-order valence-corrected chi connectivity index (χ0v) is 18.4. The van der Waals surface area contributed by atoms with E-state index in [1.54, 1.807) is 7.11 Å². The number of carbonyl (C=O) groups excluding carboxylic acids is 1. The van der Waals surface area contributed by atoms with Crippen molar-refractivity contribution < 1.29 is 9.53 Å². The predicted molar refractivity (Wildman–Crippen MR) is 119 cm³/mol. The molecule has 2 heterocycles. The molecule has 4 rings (SSSR count). The van der Waals surface area contributed by atoms with Gasteiger partial charge in [0.15, 0.2) is 5.78 Å². The second-order valence-electron chi connectivity index (χ2n) is 8.91. The maximum absolute atomic E-state index is 13.0. The van der Waals surface area contributed by atoms with E-state index in [4.69, 9.17) is 14.7 Å². The minimum Gasteiger partial charge on any atom is -0.497 e. The molecule has 1 fully saturated rings. The van der Waals surface area contributed by atoms with Crippen LogP contribution in [-0.4, -0.2) is 60.5 Å². The van der Waals surface area contributed by atoms with Gasteiger partial charge < -0.3 is 19.9 Å². The van der Waals surface area contributed by atoms with Gasteiger partial charge in [-0.2, -0.15) is 4.98 Å². The number of nitrogens with zero attached hydrogens (tertiary/aromatic N) is 4. The molecule has 30 heavy (non-hydrogen) atoms. The zero-order chi connectivity index (χ0) is 21.3. The Balaban J connectivity index is 1.70. The molecule has 0 atom stereocenters. The third-order valence-electron chi connectivity index (χ3n) is 5.99. The molecule has 0 unspecified atom stereocenters. The molecule has 7 heteroatoms. The third kappa shape index (κ3) is 4.26. The number of hydrogen-bond acceptors (Lipinski definition) is 7. The van der Waals surface area contributed by atoms with Gasteiger partial charge in [-0.25, -0.2) is 4.98 Å². The quantitative estimate of drug-likeness (QED) is 0.810. The summed E-state index contributed by atoms with van der Waals surface area (Å²) < 4.78 is 5.25. The van der Waals surface area contributed by atoms with E-state index in [1.165, 1.54) is 0 Å². The summed E-state index contributed by atoms with van der Waals surface area (Å²) in [5.41, 5.74) is 2.28. The van der Waals surface area contributed by atoms with Crippen LogP contribution in [0.2, 0.25) is 0 Å². The van der Waals surface area contributed by atoms with E-state index in [-0.39, 0.29) is 11.2 Å². The standard InChI is InChI=1S/C23H31N5O2/c1-5-27-10-12-28(13-11-27)22-25-18-14-23(2,3)15-19(29)20(18)21(26-22)24-16-6-8-17(30-4)9-7-16/h6-9H,5,10-15H2,1-4H3,(H,24,25,26). The van der Waals surface area contributed by atoms with E-state index in [0.717, 1.165) is 56.3 Å². The number of nitrogens with one attached hydrogen (secondary N) is 1. The Morgan fingerprint density at radius 1 is 1.07 bits per heavy atom. The first-order valence-electron chi connectivity index (χ1n) is 10.7. The minimum absolute atomic E-state index is 0.0893. The highest BCUT2D eigenvalue weighted by atomic mass is 16.5. The van der Waals surface area contributed by atoms with E-state index in [0.29, 0.717) is 23.8 Å². The average molecular weight is 410 g/mol. The lowest BCUT2D eigenvalue weighted by molar-refractivity contribution is 0.0911. The number of anilines is 3. The molecule has 1 N–H and O–H groups in total. The van der Waals surface area contributed by atoms with Crippen LogP contribution in [0.25, 0.3) is 0 Å². The Bertz CT molecular complexity index is 918. The van der Waals surface area contributed by atoms with E-state index in [2.05, 4.69) is 35.9 Å². The first kappa shape index (κ1) is 20.6. The topological polar surface area (TPSA) is 70.6 Å². The van der Waals surface area contributed by atoms with Gasteiger partial charge in [-0.05, 0) is 42.6 Å². The number of ketones is 1. The summed E-state index contributed by atoms with van der Waals surface area (Å²) in [4.78, 5) is 27.4. The van der Waals surface area contributed by atoms with Crippen LogP contribution in [0, 0.1) is 5.41 Å². The smallest absolute Gasteiger partial charge is 0.227 e. The molecule has 7 nitrogen and oxygen atoms in total. The van der Waals surface area contributed by atoms with Gasteiger partial charge in [0.05, 0.1) is 18.4 Å². The van der Waals surface area contributed by atoms with Gasteiger partial charge in [0.1, 0.15) is 11.6 Å². The van der Waals surface area contributed by atoms with E-state index in [1.807, 2.05) is 24.3 Å². The summed E-state index contributed by atoms with van der Waals surface area (Å²) in [5, 5.41) is 3.38. The SMILES string of the molecule is CCN1CCN(c2nc3c(c(Nc4ccc(OC)cc4)n2)C(=O)CC(C)(C)C3)CC1. The van der Waals surface area contributed by atoms with Gasteiger partial charge in [0.25, 0.3) is 0 Å². The van der Waals surface area contributed by atoms with Crippen molar-refractivity contribution in [2.45, 2.75) is 33.6 Å². The lowest BCUT2D eigenvalue weighted by Gasteiger charge is -2.35. The van der Waals surface area contributed by atoms with Gasteiger partial charge in [-0.15, -0.1) is 0 Å². The van der Waals surface area contributed by atoms with Crippen molar-refractivity contribution in [3.05, 3.63) is 35.5 Å². The maximum atomic E-state index is 13.0. The number of piperazine rings is 1. The monoisotopic (exact) mass is 409 g/mol. The first-order chi connectivity index (χ1) is 14.4. The van der Waals surface area contributed by atoms with Crippen LogP contribution >= 0.6 is 0 Å². The second kappa shape index (κ2) is 8.22. The Hall–Kier alpha value is -2.67. The predicted octanol–water partition coefficient (Wildman–Crippen LogP) is 3.53. The molecule has 160 valence electrons. The summed E-state index contributed by atoms with van der Waals surface area (Å²) in [6, 6.07) is 7.66. The lowest BCUT2D eigenvalue weighted by atomic mass is 9.75. The van der Waals surface area contributed by atoms with Crippen molar-refractivity contribution in [2.75, 3.05) is 50.1 Å². The van der Waals surface area contributed by atoms with E-state index in [9.17, 15) is 4.79 Å². The molecule has 1 aromatic heterocycles. The van der Waals surface area contributed by atoms with Crippen LogP contribution in [0.5, 0.6) is 5.75 Å². The normalized spacial score (nSPS) is 18.8. The average Bonchev–Trinajstić information content (AvgIpc) is 2.73. The fraction of sp³-hybridized carbons (Fsp3) is 0.522. The number of methoxy groups -OCH3 is 1. The molecule has 0 bridgehead atoms. The van der Waals surface area contributed by atoms with Crippen molar-refractivity contribution in [3.63, 3.8) is 0 Å². The fourth-order valence-corrected chi connectivity index (χ4v) is 4.26. The molecule has 0 saturated carbocycles. The number of benzene rings is 1. The fourth-order valence-electron chi connectivity index (χ4n) is 4.26. The number of aromatic nitrogens is 2. The highest BCUT2D eigenvalue weighted by Crippen LogP contribution is 2.38. The van der Waals surface area contributed by atoms with E-state index < -0.39 is 0 Å². The lowest BCUT2D eigenvalue weighted by Crippen LogP contribution is -2.47. The van der Waals surface area contributed by atoms with Crippen molar-refractivity contribution in [2.24, 2.45) is 5.41 Å². The van der Waals surface area contributed by atoms with E-state index >= 15 is 0 Å². The van der Waals surface area contributed by atoms with Gasteiger partial charge in [-0.1, -0.05) is 20.8 Å². The number of fused-ring (bicyclic) bond motifs is 1. The van der Waals surface area contributed by atoms with Crippen molar-refractivity contribution in [3.8, 4) is 5.75 Å². The first-order valence-corrected chi connectivity index (χ1v) is 10.7. The second-order valence-corrected chi connectivity index (χ2v) is 8.91. The molecule has 1 aliphatic heterocycles. The number of likely N-dealkylation sites (N-methyl/N-ethyl adjacent to an activating group) is 1. The molecule has 1 aliphatic carbocycles. The van der Waals surface area contributed by atoms with Crippen LogP contribution in [-0.2, 0) is 6.42 Å². The number of ether oxygens (including phenoxy) is 1. The Labute approximate surface area is 178 Å². The van der Waals surface area contributed by atoms with Crippen LogP contribution in [0.15, 0.2) is 24.3 Å². The Morgan fingerprint density at radius 2 is 1.77 bits per heavy atom. The van der Waals surface area contributed by atoms with Gasteiger partial charge in [0, 0.05) is 38.3 Å². The van der Waals surface area contributed by atoms with Gasteiger partial charge in [-0.3, -0.25) is 4.79 Å². The molecule has 0 radical (unpaired) electrons. The molecule has 0 spiro atoms. The highest BCUT2D eigenvalue weighted by molar-refractivity contribution is 6.03. The van der Waals surface area contributed by atoms with Gasteiger partial charge >= 0.3 is 0 Å². The molecular formula is C23H31N5O2. The van der Waals surface area contributed by atoms with Crippen LogP contribution in [0.4, 0.5) is 17.5 Å². The number of hydrogen-bond donors (Lipinski definition) is 1. The largest absolute Gasteiger partial charge is 0.497 e. The number of Topliss-reactive ketones (excluding diaryl/α,β-unsaturated/α-hetero) is 1. The van der Waals surface area contributed by atoms with Crippen molar-refractivity contribution in [1.82, 2.24) is 14.9 Å². The summed E-state index contributed by atoms with van der Waals surface area (Å²) in [6.45, 7) is 11.3. The van der Waals surface area contributed by atoms with Crippen molar-refractivity contribution in [1.29, 1.82) is 0 Å².